The summed E-state index contributed by atoms with van der Waals surface area (Å²) >= 11 is 1.60. The Labute approximate surface area is 92.7 Å². The SMILES string of the molecule is CSCC[C@H](N)C(=O)O.[La]. The number of hydrogen-bond acceptors (Lipinski definition) is 3. The van der Waals surface area contributed by atoms with E-state index in [-0.39, 0.29) is 35.6 Å². The van der Waals surface area contributed by atoms with E-state index in [0.29, 0.717) is 6.42 Å². The van der Waals surface area contributed by atoms with Crippen molar-refractivity contribution in [1.82, 2.24) is 0 Å². The molecule has 0 aromatic heterocycles. The number of carboxylic acids is 1. The summed E-state index contributed by atoms with van der Waals surface area (Å²) in [5, 5.41) is 8.27. The van der Waals surface area contributed by atoms with E-state index in [0.717, 1.165) is 5.75 Å². The van der Waals surface area contributed by atoms with Crippen molar-refractivity contribution in [2.24, 2.45) is 5.73 Å². The molecular formula is C5H11LaNO2S. The van der Waals surface area contributed by atoms with Crippen molar-refractivity contribution in [3.63, 3.8) is 0 Å². The minimum Gasteiger partial charge on any atom is -0.480 e. The molecule has 5 heteroatoms. The predicted molar refractivity (Wildman–Crippen MR) is 38.6 cm³/mol. The Morgan fingerprint density at radius 1 is 1.80 bits per heavy atom. The van der Waals surface area contributed by atoms with E-state index in [1.165, 1.54) is 0 Å². The van der Waals surface area contributed by atoms with Crippen LogP contribution in [0.5, 0.6) is 0 Å². The van der Waals surface area contributed by atoms with E-state index < -0.39 is 12.0 Å². The first-order valence-corrected chi connectivity index (χ1v) is 4.05. The number of carboxylic acid groups (broad SMARTS) is 1. The summed E-state index contributed by atoms with van der Waals surface area (Å²) in [6.45, 7) is 0. The van der Waals surface area contributed by atoms with Crippen LogP contribution in [0.3, 0.4) is 0 Å². The molecule has 0 aromatic rings. The Morgan fingerprint density at radius 3 is 2.60 bits per heavy atom. The number of hydrogen-bond donors (Lipinski definition) is 2. The summed E-state index contributed by atoms with van der Waals surface area (Å²) < 4.78 is 0. The van der Waals surface area contributed by atoms with Gasteiger partial charge in [0.05, 0.1) is 0 Å². The van der Waals surface area contributed by atoms with Gasteiger partial charge in [-0.15, -0.1) is 0 Å². The van der Waals surface area contributed by atoms with E-state index in [1.807, 2.05) is 6.26 Å². The summed E-state index contributed by atoms with van der Waals surface area (Å²) in [4.78, 5) is 10.1. The van der Waals surface area contributed by atoms with Gasteiger partial charge < -0.3 is 10.8 Å². The topological polar surface area (TPSA) is 63.3 Å². The first kappa shape index (κ1) is 13.6. The fourth-order valence-electron chi connectivity index (χ4n) is 0.368. The Balaban J connectivity index is 0. The van der Waals surface area contributed by atoms with Crippen LogP contribution in [-0.4, -0.2) is 29.1 Å². The summed E-state index contributed by atoms with van der Waals surface area (Å²) in [5.41, 5.74) is 5.19. The number of rotatable bonds is 4. The molecule has 3 nitrogen and oxygen atoms in total. The third-order valence-electron chi connectivity index (χ3n) is 0.950. The van der Waals surface area contributed by atoms with Gasteiger partial charge in [-0.3, -0.25) is 4.79 Å². The van der Waals surface area contributed by atoms with Crippen LogP contribution >= 0.6 is 11.8 Å². The molecule has 1 radical (unpaired) electrons. The van der Waals surface area contributed by atoms with E-state index in [1.54, 1.807) is 11.8 Å². The number of aliphatic carboxylic acids is 1. The van der Waals surface area contributed by atoms with Gasteiger partial charge in [0.25, 0.3) is 0 Å². The summed E-state index contributed by atoms with van der Waals surface area (Å²) in [7, 11) is 0. The molecule has 3 N–H and O–H groups in total. The van der Waals surface area contributed by atoms with Gasteiger partial charge in [0.15, 0.2) is 0 Å². The molecule has 0 saturated heterocycles. The molecule has 0 fully saturated rings. The van der Waals surface area contributed by atoms with Crippen molar-refractivity contribution >= 4 is 17.7 Å². The smallest absolute Gasteiger partial charge is 0.320 e. The second-order valence-corrected chi connectivity index (χ2v) is 2.71. The van der Waals surface area contributed by atoms with Gasteiger partial charge in [0.1, 0.15) is 6.04 Å². The molecule has 0 aromatic carbocycles. The molecule has 0 rings (SSSR count). The molecular weight excluding hydrogens is 277 g/mol. The maximum atomic E-state index is 10.1. The molecule has 0 spiro atoms. The van der Waals surface area contributed by atoms with Crippen LogP contribution in [0.4, 0.5) is 0 Å². The zero-order chi connectivity index (χ0) is 7.28. The first-order chi connectivity index (χ1) is 4.18. The number of thioether (sulfide) groups is 1. The molecule has 0 aliphatic heterocycles. The van der Waals surface area contributed by atoms with Gasteiger partial charge in [-0.2, -0.15) is 11.8 Å². The normalized spacial score (nSPS) is 11.8. The Morgan fingerprint density at radius 2 is 2.30 bits per heavy atom. The minimum absolute atomic E-state index is 0. The van der Waals surface area contributed by atoms with Gasteiger partial charge >= 0.3 is 5.97 Å². The Kier molecular flexibility index (Phi) is 10.9. The molecule has 0 aliphatic rings. The van der Waals surface area contributed by atoms with Crippen LogP contribution < -0.4 is 5.73 Å². The van der Waals surface area contributed by atoms with Gasteiger partial charge in [-0.25, -0.2) is 0 Å². The fraction of sp³-hybridized carbons (Fsp3) is 0.800. The fourth-order valence-corrected chi connectivity index (χ4v) is 0.858. The summed E-state index contributed by atoms with van der Waals surface area (Å²) in [6.07, 6.45) is 2.48. The second-order valence-electron chi connectivity index (χ2n) is 1.73. The standard InChI is InChI=1S/C5H11NO2S.La/c1-9-3-2-4(6)5(7)8;/h4H,2-3,6H2,1H3,(H,7,8);/t4-;/m0./s1. The predicted octanol–water partition coefficient (Wildman–Crippen LogP) is 0.151. The summed E-state index contributed by atoms with van der Waals surface area (Å²) in [6, 6.07) is -0.683. The molecule has 0 saturated carbocycles. The van der Waals surface area contributed by atoms with Gasteiger partial charge in [-0.1, -0.05) is 0 Å². The monoisotopic (exact) mass is 288 g/mol. The molecule has 0 heterocycles. The molecule has 0 amide bonds. The van der Waals surface area contributed by atoms with E-state index in [9.17, 15) is 4.79 Å². The second kappa shape index (κ2) is 8.08. The minimum atomic E-state index is -0.913. The van der Waals surface area contributed by atoms with Crippen LogP contribution in [-0.2, 0) is 4.79 Å². The van der Waals surface area contributed by atoms with Crippen molar-refractivity contribution in [3.05, 3.63) is 0 Å². The molecule has 1 atom stereocenters. The third kappa shape index (κ3) is 7.09. The zero-order valence-electron chi connectivity index (χ0n) is 5.91. The average Bonchev–Trinajstić information content (AvgIpc) is 1.82. The van der Waals surface area contributed by atoms with Crippen LogP contribution in [0, 0.1) is 35.6 Å². The molecule has 0 unspecified atom stereocenters. The number of nitrogens with two attached hydrogens (primary N) is 1. The summed E-state index contributed by atoms with van der Waals surface area (Å²) in [5.74, 6) is -0.1000. The van der Waals surface area contributed by atoms with Gasteiger partial charge in [0.2, 0.25) is 0 Å². The van der Waals surface area contributed by atoms with Crippen LogP contribution in [0.1, 0.15) is 6.42 Å². The molecule has 10 heavy (non-hydrogen) atoms. The Bertz CT molecular complexity index is 102. The van der Waals surface area contributed by atoms with Gasteiger partial charge in [0, 0.05) is 35.6 Å². The van der Waals surface area contributed by atoms with Crippen LogP contribution in [0.2, 0.25) is 0 Å². The van der Waals surface area contributed by atoms with E-state index >= 15 is 0 Å². The molecule has 0 bridgehead atoms. The third-order valence-corrected chi connectivity index (χ3v) is 1.59. The van der Waals surface area contributed by atoms with Crippen LogP contribution in [0.25, 0.3) is 0 Å². The van der Waals surface area contributed by atoms with E-state index in [2.05, 4.69) is 0 Å². The maximum absolute atomic E-state index is 10.1. The first-order valence-electron chi connectivity index (χ1n) is 2.65. The van der Waals surface area contributed by atoms with Gasteiger partial charge in [-0.05, 0) is 18.4 Å². The van der Waals surface area contributed by atoms with E-state index in [4.69, 9.17) is 10.8 Å². The molecule has 0 aliphatic carbocycles. The van der Waals surface area contributed by atoms with Crippen molar-refractivity contribution in [3.8, 4) is 0 Å². The van der Waals surface area contributed by atoms with Crippen molar-refractivity contribution in [2.45, 2.75) is 12.5 Å². The van der Waals surface area contributed by atoms with Crippen LogP contribution in [0.15, 0.2) is 0 Å². The van der Waals surface area contributed by atoms with Crippen molar-refractivity contribution < 1.29 is 45.5 Å². The zero-order valence-corrected chi connectivity index (χ0v) is 10.4. The largest absolute Gasteiger partial charge is 0.480 e. The van der Waals surface area contributed by atoms with Crippen molar-refractivity contribution in [2.75, 3.05) is 12.0 Å². The maximum Gasteiger partial charge on any atom is 0.320 e. The average molecular weight is 288 g/mol. The number of carbonyl (C=O) groups is 1. The van der Waals surface area contributed by atoms with Crippen molar-refractivity contribution in [1.29, 1.82) is 0 Å². The Hall–Kier alpha value is 0.975. The molecule has 57 valence electrons. The quantitative estimate of drug-likeness (QED) is 0.773.